The number of carbonyl (C=O) groups excluding carboxylic acids is 2. The fourth-order valence-electron chi connectivity index (χ4n) is 3.61. The first-order chi connectivity index (χ1) is 12.1. The molecule has 1 aromatic carbocycles. The minimum Gasteiger partial charge on any atom is -0.395 e. The molecule has 1 aromatic rings. The summed E-state index contributed by atoms with van der Waals surface area (Å²) in [6.07, 6.45) is 3.35. The number of carbonyl (C=O) groups is 2. The zero-order chi connectivity index (χ0) is 18.0. The third-order valence-electron chi connectivity index (χ3n) is 4.66. The molecule has 3 rings (SSSR count). The highest BCUT2D eigenvalue weighted by Gasteiger charge is 2.38. The number of hydrogen-bond acceptors (Lipinski definition) is 6. The summed E-state index contributed by atoms with van der Waals surface area (Å²) in [5, 5.41) is 18.6. The van der Waals surface area contributed by atoms with Gasteiger partial charge in [-0.05, 0) is 30.5 Å². The van der Waals surface area contributed by atoms with Crippen LogP contribution in [0.5, 0.6) is 0 Å². The maximum Gasteiger partial charge on any atom is 0.261 e. The molecule has 0 fully saturated rings. The summed E-state index contributed by atoms with van der Waals surface area (Å²) in [6.45, 7) is 0.994. The van der Waals surface area contributed by atoms with E-state index in [1.54, 1.807) is 6.07 Å². The van der Waals surface area contributed by atoms with Gasteiger partial charge in [0.15, 0.2) is 0 Å². The number of aliphatic hydroxyl groups excluding tert-OH is 2. The Balaban J connectivity index is 2.13. The number of imide groups is 1. The van der Waals surface area contributed by atoms with E-state index in [2.05, 4.69) is 12.6 Å². The van der Waals surface area contributed by atoms with Crippen LogP contribution in [0.3, 0.4) is 0 Å². The second kappa shape index (κ2) is 7.59. The van der Waals surface area contributed by atoms with Crippen molar-refractivity contribution in [2.75, 3.05) is 43.5 Å². The van der Waals surface area contributed by atoms with E-state index in [0.29, 0.717) is 30.0 Å². The molecule has 6 nitrogen and oxygen atoms in total. The number of hydrogen-bond donors (Lipinski definition) is 3. The van der Waals surface area contributed by atoms with Gasteiger partial charge >= 0.3 is 0 Å². The highest BCUT2D eigenvalue weighted by Crippen LogP contribution is 2.40. The number of rotatable bonds is 7. The molecule has 0 unspecified atom stereocenters. The lowest BCUT2D eigenvalue weighted by molar-refractivity contribution is -0.122. The lowest BCUT2D eigenvalue weighted by atomic mass is 9.82. The van der Waals surface area contributed by atoms with E-state index in [4.69, 9.17) is 0 Å². The normalized spacial score (nSPS) is 16.0. The maximum atomic E-state index is 12.7. The first-order valence-electron chi connectivity index (χ1n) is 8.44. The molecule has 0 aromatic heterocycles. The van der Waals surface area contributed by atoms with Crippen LogP contribution in [0.25, 0.3) is 5.57 Å². The van der Waals surface area contributed by atoms with Crippen molar-refractivity contribution in [1.82, 2.24) is 4.90 Å². The van der Waals surface area contributed by atoms with Crippen LogP contribution >= 0.6 is 12.6 Å². The van der Waals surface area contributed by atoms with Crippen molar-refractivity contribution in [2.24, 2.45) is 0 Å². The Morgan fingerprint density at radius 1 is 1.12 bits per heavy atom. The van der Waals surface area contributed by atoms with E-state index in [-0.39, 0.29) is 31.6 Å². The summed E-state index contributed by atoms with van der Waals surface area (Å²) in [4.78, 5) is 28.6. The molecule has 134 valence electrons. The van der Waals surface area contributed by atoms with Crippen LogP contribution in [0.1, 0.15) is 27.9 Å². The molecular weight excluding hydrogens is 340 g/mol. The monoisotopic (exact) mass is 362 g/mol. The minimum atomic E-state index is -0.281. The van der Waals surface area contributed by atoms with E-state index in [1.165, 1.54) is 4.90 Å². The van der Waals surface area contributed by atoms with Gasteiger partial charge in [0.2, 0.25) is 0 Å². The molecule has 1 aliphatic heterocycles. The summed E-state index contributed by atoms with van der Waals surface area (Å²) < 4.78 is 0. The molecule has 0 radical (unpaired) electrons. The summed E-state index contributed by atoms with van der Waals surface area (Å²) in [5.74, 6) is -0.122. The number of anilines is 1. The van der Waals surface area contributed by atoms with E-state index in [9.17, 15) is 19.8 Å². The van der Waals surface area contributed by atoms with Crippen molar-refractivity contribution in [2.45, 2.75) is 12.8 Å². The molecule has 1 heterocycles. The maximum absolute atomic E-state index is 12.7. The first-order valence-corrected chi connectivity index (χ1v) is 9.07. The van der Waals surface area contributed by atoms with Crippen LogP contribution in [-0.2, 0) is 11.2 Å². The summed E-state index contributed by atoms with van der Waals surface area (Å²) in [6, 6.07) is 3.60. The van der Waals surface area contributed by atoms with Crippen molar-refractivity contribution < 1.29 is 19.8 Å². The SMILES string of the molecule is O=C1C2=CCCc3c(N(CCO)CCO)ccc(c32)C(=O)N1CCS. The van der Waals surface area contributed by atoms with Crippen LogP contribution in [0, 0.1) is 0 Å². The number of aliphatic hydroxyl groups is 2. The summed E-state index contributed by atoms with van der Waals surface area (Å²) in [7, 11) is 0. The van der Waals surface area contributed by atoms with Gasteiger partial charge in [0.05, 0.1) is 13.2 Å². The average molecular weight is 362 g/mol. The van der Waals surface area contributed by atoms with Gasteiger partial charge in [0, 0.05) is 47.8 Å². The highest BCUT2D eigenvalue weighted by molar-refractivity contribution is 7.80. The van der Waals surface area contributed by atoms with Crippen LogP contribution in [-0.4, -0.2) is 65.5 Å². The van der Waals surface area contributed by atoms with Crippen LogP contribution < -0.4 is 4.90 Å². The highest BCUT2D eigenvalue weighted by atomic mass is 32.1. The van der Waals surface area contributed by atoms with Gasteiger partial charge in [0.1, 0.15) is 0 Å². The van der Waals surface area contributed by atoms with Crippen molar-refractivity contribution in [1.29, 1.82) is 0 Å². The first kappa shape index (κ1) is 18.0. The molecule has 2 N–H and O–H groups in total. The fourth-order valence-corrected chi connectivity index (χ4v) is 3.81. The Hall–Kier alpha value is -1.83. The Morgan fingerprint density at radius 3 is 2.48 bits per heavy atom. The van der Waals surface area contributed by atoms with Gasteiger partial charge in [0.25, 0.3) is 11.8 Å². The number of amides is 2. The van der Waals surface area contributed by atoms with Crippen molar-refractivity contribution >= 4 is 35.7 Å². The fraction of sp³-hybridized carbons (Fsp3) is 0.444. The summed E-state index contributed by atoms with van der Waals surface area (Å²) >= 11 is 4.15. The Bertz CT molecular complexity index is 726. The molecule has 25 heavy (non-hydrogen) atoms. The van der Waals surface area contributed by atoms with Crippen molar-refractivity contribution in [3.63, 3.8) is 0 Å². The molecule has 0 bridgehead atoms. The number of benzene rings is 1. The van der Waals surface area contributed by atoms with Crippen LogP contribution in [0.15, 0.2) is 18.2 Å². The smallest absolute Gasteiger partial charge is 0.261 e. The van der Waals surface area contributed by atoms with E-state index < -0.39 is 0 Å². The Labute approximate surface area is 152 Å². The molecular formula is C18H22N2O4S. The van der Waals surface area contributed by atoms with Crippen molar-refractivity contribution in [3.8, 4) is 0 Å². The molecule has 0 spiro atoms. The molecule has 2 amide bonds. The van der Waals surface area contributed by atoms with Gasteiger partial charge in [-0.2, -0.15) is 12.6 Å². The molecule has 0 saturated carbocycles. The molecule has 2 aliphatic rings. The summed E-state index contributed by atoms with van der Waals surface area (Å²) in [5.41, 5.74) is 3.65. The standard InChI is InChI=1S/C18H22N2O4S/c21-9-6-19(7-10-22)15-5-4-14-16-12(15)2-1-3-13(16)17(23)20(8-11-25)18(14)24/h3-5,21-22,25H,1-2,6-11H2. The minimum absolute atomic E-state index is 0.0349. The zero-order valence-electron chi connectivity index (χ0n) is 13.9. The number of nitrogens with zero attached hydrogens (tertiary/aromatic N) is 2. The molecule has 0 saturated heterocycles. The predicted octanol–water partition coefficient (Wildman–Crippen LogP) is 0.719. The van der Waals surface area contributed by atoms with Crippen LogP contribution in [0.4, 0.5) is 5.69 Å². The zero-order valence-corrected chi connectivity index (χ0v) is 14.8. The van der Waals surface area contributed by atoms with Gasteiger partial charge in [-0.15, -0.1) is 0 Å². The largest absolute Gasteiger partial charge is 0.395 e. The van der Waals surface area contributed by atoms with Gasteiger partial charge in [-0.25, -0.2) is 0 Å². The Kier molecular flexibility index (Phi) is 5.46. The Morgan fingerprint density at radius 2 is 1.84 bits per heavy atom. The number of thiol groups is 1. The quantitative estimate of drug-likeness (QED) is 0.492. The predicted molar refractivity (Wildman–Crippen MR) is 99.0 cm³/mol. The van der Waals surface area contributed by atoms with E-state index in [1.807, 2.05) is 17.0 Å². The third kappa shape index (κ3) is 3.07. The lowest BCUT2D eigenvalue weighted by Gasteiger charge is -2.34. The average Bonchev–Trinajstić information content (AvgIpc) is 2.62. The van der Waals surface area contributed by atoms with Gasteiger partial charge < -0.3 is 15.1 Å². The number of allylic oxidation sites excluding steroid dienone is 1. The van der Waals surface area contributed by atoms with Crippen LogP contribution in [0.2, 0.25) is 0 Å². The molecule has 1 aliphatic carbocycles. The molecule has 7 heteroatoms. The topological polar surface area (TPSA) is 81.1 Å². The van der Waals surface area contributed by atoms with Gasteiger partial charge in [-0.3, -0.25) is 14.5 Å². The van der Waals surface area contributed by atoms with E-state index in [0.717, 1.165) is 29.7 Å². The van der Waals surface area contributed by atoms with Gasteiger partial charge in [-0.1, -0.05) is 6.08 Å². The second-order valence-corrected chi connectivity index (χ2v) is 6.51. The second-order valence-electron chi connectivity index (χ2n) is 6.06. The van der Waals surface area contributed by atoms with E-state index >= 15 is 0 Å². The third-order valence-corrected chi connectivity index (χ3v) is 4.86. The lowest BCUT2D eigenvalue weighted by Crippen LogP contribution is -2.44. The molecule has 0 atom stereocenters. The van der Waals surface area contributed by atoms with Crippen molar-refractivity contribution in [3.05, 3.63) is 34.9 Å².